The van der Waals surface area contributed by atoms with Crippen LogP contribution in [0.5, 0.6) is 5.75 Å². The average Bonchev–Trinajstić information content (AvgIpc) is 3.22. The van der Waals surface area contributed by atoms with Crippen LogP contribution in [-0.4, -0.2) is 18.6 Å². The average molecular weight is 355 g/mol. The van der Waals surface area contributed by atoms with E-state index in [1.54, 1.807) is 12.1 Å². The first-order valence-electron chi connectivity index (χ1n) is 9.46. The molecule has 0 aliphatic heterocycles. The molecule has 0 spiro atoms. The minimum absolute atomic E-state index is 0.0350. The van der Waals surface area contributed by atoms with E-state index in [0.717, 1.165) is 22.8 Å². The third-order valence-corrected chi connectivity index (χ3v) is 6.12. The highest BCUT2D eigenvalue weighted by molar-refractivity contribution is 5.81. The van der Waals surface area contributed by atoms with E-state index in [-0.39, 0.29) is 24.2 Å². The highest BCUT2D eigenvalue weighted by atomic mass is 16.5. The van der Waals surface area contributed by atoms with E-state index < -0.39 is 0 Å². The van der Waals surface area contributed by atoms with E-state index in [4.69, 9.17) is 9.15 Å². The SMILES string of the molecule is Cc1cc(=O)oc2cc(OCC(=O)NC(C)C3CC4CCC3C4)ccc12. The third-order valence-electron chi connectivity index (χ3n) is 6.12. The van der Waals surface area contributed by atoms with Crippen LogP contribution in [0, 0.1) is 24.7 Å². The van der Waals surface area contributed by atoms with Crippen LogP contribution in [0.25, 0.3) is 11.0 Å². The first-order valence-corrected chi connectivity index (χ1v) is 9.46. The highest BCUT2D eigenvalue weighted by Gasteiger charge is 2.42. The molecule has 1 heterocycles. The van der Waals surface area contributed by atoms with Crippen molar-refractivity contribution in [2.24, 2.45) is 17.8 Å². The summed E-state index contributed by atoms with van der Waals surface area (Å²) in [5.74, 6) is 2.68. The van der Waals surface area contributed by atoms with E-state index in [0.29, 0.717) is 17.3 Å². The molecule has 2 fully saturated rings. The summed E-state index contributed by atoms with van der Waals surface area (Å²) in [6.07, 6.45) is 5.26. The van der Waals surface area contributed by atoms with Gasteiger partial charge in [-0.1, -0.05) is 6.42 Å². The summed E-state index contributed by atoms with van der Waals surface area (Å²) >= 11 is 0. The maximum atomic E-state index is 12.3. The summed E-state index contributed by atoms with van der Waals surface area (Å²) in [5.41, 5.74) is 0.952. The van der Waals surface area contributed by atoms with Crippen molar-refractivity contribution >= 4 is 16.9 Å². The van der Waals surface area contributed by atoms with E-state index in [9.17, 15) is 9.59 Å². The summed E-state index contributed by atoms with van der Waals surface area (Å²) < 4.78 is 10.8. The van der Waals surface area contributed by atoms with E-state index in [2.05, 4.69) is 12.2 Å². The van der Waals surface area contributed by atoms with Crippen molar-refractivity contribution in [2.75, 3.05) is 6.61 Å². The van der Waals surface area contributed by atoms with E-state index in [1.165, 1.54) is 31.7 Å². The smallest absolute Gasteiger partial charge is 0.336 e. The van der Waals surface area contributed by atoms with Gasteiger partial charge in [0.05, 0.1) is 0 Å². The molecule has 4 unspecified atom stereocenters. The Balaban J connectivity index is 1.35. The number of amides is 1. The topological polar surface area (TPSA) is 68.5 Å². The first-order chi connectivity index (χ1) is 12.5. The van der Waals surface area contributed by atoms with Crippen molar-refractivity contribution in [3.8, 4) is 5.75 Å². The molecule has 1 aromatic carbocycles. The van der Waals surface area contributed by atoms with E-state index in [1.807, 2.05) is 13.0 Å². The second-order valence-corrected chi connectivity index (χ2v) is 7.89. The molecule has 5 heteroatoms. The Morgan fingerprint density at radius 3 is 2.88 bits per heavy atom. The van der Waals surface area contributed by atoms with Crippen LogP contribution in [0.1, 0.15) is 38.2 Å². The maximum Gasteiger partial charge on any atom is 0.336 e. The molecular formula is C21H25NO4. The fourth-order valence-electron chi connectivity index (χ4n) is 4.85. The zero-order valence-electron chi connectivity index (χ0n) is 15.3. The molecule has 0 radical (unpaired) electrons. The van der Waals surface area contributed by atoms with Gasteiger partial charge in [0.25, 0.3) is 5.91 Å². The zero-order valence-corrected chi connectivity index (χ0v) is 15.3. The molecule has 2 aromatic rings. The first kappa shape index (κ1) is 17.1. The molecule has 2 aliphatic carbocycles. The van der Waals surface area contributed by atoms with Crippen LogP contribution >= 0.6 is 0 Å². The standard InChI is InChI=1S/C21H25NO4/c1-12-7-21(24)26-19-10-16(5-6-17(12)19)25-11-20(23)22-13(2)18-9-14-3-4-15(18)8-14/h5-7,10,13-15,18H,3-4,8-9,11H2,1-2H3,(H,22,23). The Labute approximate surface area is 152 Å². The molecule has 4 rings (SSSR count). The quantitative estimate of drug-likeness (QED) is 0.835. The normalized spacial score (nSPS) is 25.4. The van der Waals surface area contributed by atoms with Crippen molar-refractivity contribution < 1.29 is 13.9 Å². The minimum atomic E-state index is -0.385. The molecule has 138 valence electrons. The lowest BCUT2D eigenvalue weighted by atomic mass is 9.84. The summed E-state index contributed by atoms with van der Waals surface area (Å²) in [7, 11) is 0. The predicted octanol–water partition coefficient (Wildman–Crippen LogP) is 3.42. The lowest BCUT2D eigenvalue weighted by Gasteiger charge is -2.28. The molecular weight excluding hydrogens is 330 g/mol. The van der Waals surface area contributed by atoms with Gasteiger partial charge in [0, 0.05) is 23.6 Å². The molecule has 26 heavy (non-hydrogen) atoms. The molecule has 4 atom stereocenters. The number of fused-ring (bicyclic) bond motifs is 3. The van der Waals surface area contributed by atoms with Crippen molar-refractivity contribution in [3.63, 3.8) is 0 Å². The Kier molecular flexibility index (Phi) is 4.47. The van der Waals surface area contributed by atoms with Crippen molar-refractivity contribution in [3.05, 3.63) is 40.2 Å². The predicted molar refractivity (Wildman–Crippen MR) is 99.3 cm³/mol. The number of carbonyl (C=O) groups is 1. The van der Waals surface area contributed by atoms with Gasteiger partial charge in [-0.2, -0.15) is 0 Å². The molecule has 1 aromatic heterocycles. The lowest BCUT2D eigenvalue weighted by Crippen LogP contribution is -2.42. The largest absolute Gasteiger partial charge is 0.484 e. The van der Waals surface area contributed by atoms with Crippen molar-refractivity contribution in [1.29, 1.82) is 0 Å². The van der Waals surface area contributed by atoms with Gasteiger partial charge >= 0.3 is 5.63 Å². The van der Waals surface area contributed by atoms with Crippen LogP contribution in [-0.2, 0) is 4.79 Å². The number of hydrogen-bond acceptors (Lipinski definition) is 4. The van der Waals surface area contributed by atoms with Crippen molar-refractivity contribution in [1.82, 2.24) is 5.32 Å². The Morgan fingerprint density at radius 1 is 1.31 bits per heavy atom. The number of nitrogens with one attached hydrogen (secondary N) is 1. The number of aryl methyl sites for hydroxylation is 1. The molecule has 0 saturated heterocycles. The Hall–Kier alpha value is -2.30. The van der Waals surface area contributed by atoms with Crippen LogP contribution in [0.3, 0.4) is 0 Å². The Bertz CT molecular complexity index is 887. The number of rotatable bonds is 5. The number of carbonyl (C=O) groups excluding carboxylic acids is 1. The van der Waals surface area contributed by atoms with Gasteiger partial charge in [-0.05, 0) is 68.6 Å². The van der Waals surface area contributed by atoms with Gasteiger partial charge in [-0.3, -0.25) is 4.79 Å². The van der Waals surface area contributed by atoms with Gasteiger partial charge in [0.1, 0.15) is 11.3 Å². The number of hydrogen-bond donors (Lipinski definition) is 1. The van der Waals surface area contributed by atoms with E-state index >= 15 is 0 Å². The maximum absolute atomic E-state index is 12.3. The van der Waals surface area contributed by atoms with Gasteiger partial charge < -0.3 is 14.5 Å². The lowest BCUT2D eigenvalue weighted by molar-refractivity contribution is -0.124. The van der Waals surface area contributed by atoms with Crippen LogP contribution in [0.2, 0.25) is 0 Å². The second-order valence-electron chi connectivity index (χ2n) is 7.89. The molecule has 5 nitrogen and oxygen atoms in total. The summed E-state index contributed by atoms with van der Waals surface area (Å²) in [4.78, 5) is 23.8. The molecule has 1 N–H and O–H groups in total. The van der Waals surface area contributed by atoms with Crippen LogP contribution < -0.4 is 15.7 Å². The van der Waals surface area contributed by atoms with Gasteiger partial charge in [0.15, 0.2) is 6.61 Å². The number of benzene rings is 1. The third kappa shape index (κ3) is 3.35. The fourth-order valence-corrected chi connectivity index (χ4v) is 4.85. The monoisotopic (exact) mass is 355 g/mol. The van der Waals surface area contributed by atoms with Gasteiger partial charge in [-0.15, -0.1) is 0 Å². The fraction of sp³-hybridized carbons (Fsp3) is 0.524. The highest BCUT2D eigenvalue weighted by Crippen LogP contribution is 2.49. The molecule has 2 bridgehead atoms. The summed E-state index contributed by atoms with van der Waals surface area (Å²) in [6.45, 7) is 3.94. The van der Waals surface area contributed by atoms with Crippen LogP contribution in [0.15, 0.2) is 33.5 Å². The molecule has 1 amide bonds. The molecule has 2 saturated carbocycles. The second kappa shape index (κ2) is 6.78. The van der Waals surface area contributed by atoms with Gasteiger partial charge in [0.2, 0.25) is 0 Å². The molecule has 2 aliphatic rings. The van der Waals surface area contributed by atoms with Crippen LogP contribution in [0.4, 0.5) is 0 Å². The number of ether oxygens (including phenoxy) is 1. The summed E-state index contributed by atoms with van der Waals surface area (Å²) in [6, 6.07) is 6.96. The zero-order chi connectivity index (χ0) is 18.3. The Morgan fingerprint density at radius 2 is 2.15 bits per heavy atom. The van der Waals surface area contributed by atoms with Gasteiger partial charge in [-0.25, -0.2) is 4.79 Å². The van der Waals surface area contributed by atoms with Crippen molar-refractivity contribution in [2.45, 2.75) is 45.6 Å². The minimum Gasteiger partial charge on any atom is -0.484 e. The summed E-state index contributed by atoms with van der Waals surface area (Å²) in [5, 5.41) is 3.96.